The monoisotopic (exact) mass is 610 g/mol. The number of halogens is 6. The number of benzene rings is 2. The van der Waals surface area contributed by atoms with Crippen LogP contribution in [0.1, 0.15) is 61.8 Å². The highest BCUT2D eigenvalue weighted by Crippen LogP contribution is 2.38. The predicted octanol–water partition coefficient (Wildman–Crippen LogP) is 7.80. The topological polar surface area (TPSA) is 78.8 Å². The predicted molar refractivity (Wildman–Crippen MR) is 146 cm³/mol. The van der Waals surface area contributed by atoms with Crippen LogP contribution in [-0.4, -0.2) is 44.2 Å². The molecule has 0 radical (unpaired) electrons. The van der Waals surface area contributed by atoms with Crippen molar-refractivity contribution in [3.63, 3.8) is 0 Å². The van der Waals surface area contributed by atoms with E-state index >= 15 is 0 Å². The minimum Gasteiger partial charge on any atom is -0.486 e. The van der Waals surface area contributed by atoms with Crippen LogP contribution in [0, 0.1) is 0 Å². The summed E-state index contributed by atoms with van der Waals surface area (Å²) < 4.78 is 87.5. The molecule has 43 heavy (non-hydrogen) atoms. The second kappa shape index (κ2) is 13.1. The number of likely N-dealkylation sites (tertiary alicyclic amines) is 1. The molecule has 2 atom stereocenters. The van der Waals surface area contributed by atoms with Gasteiger partial charge in [-0.25, -0.2) is 14.8 Å². The van der Waals surface area contributed by atoms with Crippen molar-refractivity contribution >= 4 is 12.0 Å². The van der Waals surface area contributed by atoms with E-state index < -0.39 is 47.7 Å². The molecule has 13 heteroatoms. The van der Waals surface area contributed by atoms with Gasteiger partial charge in [0.1, 0.15) is 6.61 Å². The smallest absolute Gasteiger partial charge is 0.416 e. The molecule has 2 heterocycles. The second-order valence-electron chi connectivity index (χ2n) is 10.5. The average molecular weight is 611 g/mol. The molecule has 1 N–H and O–H groups in total. The van der Waals surface area contributed by atoms with Crippen molar-refractivity contribution in [2.45, 2.75) is 83.2 Å². The van der Waals surface area contributed by atoms with Crippen LogP contribution >= 0.6 is 0 Å². The molecule has 1 aliphatic heterocycles. The van der Waals surface area contributed by atoms with Gasteiger partial charge in [0.2, 0.25) is 5.95 Å². The molecule has 2 unspecified atom stereocenters. The Morgan fingerprint density at radius 3 is 1.91 bits per heavy atom. The number of hydrogen-bond donors (Lipinski definition) is 1. The van der Waals surface area contributed by atoms with Gasteiger partial charge in [-0.2, -0.15) is 26.3 Å². The van der Waals surface area contributed by atoms with E-state index in [1.807, 2.05) is 44.2 Å². The summed E-state index contributed by atoms with van der Waals surface area (Å²) in [5.41, 5.74) is -2.15. The van der Waals surface area contributed by atoms with Crippen LogP contribution in [0.3, 0.4) is 0 Å². The van der Waals surface area contributed by atoms with E-state index in [9.17, 15) is 36.2 Å². The van der Waals surface area contributed by atoms with Crippen LogP contribution in [-0.2, 0) is 25.5 Å². The van der Waals surface area contributed by atoms with Crippen LogP contribution in [0.25, 0.3) is 0 Å². The lowest BCUT2D eigenvalue weighted by molar-refractivity contribution is -0.143. The van der Waals surface area contributed by atoms with E-state index in [0.29, 0.717) is 43.6 Å². The minimum atomic E-state index is -5.00. The summed E-state index contributed by atoms with van der Waals surface area (Å²) in [5.74, 6) is 0.404. The molecule has 3 aromatic rings. The van der Waals surface area contributed by atoms with Gasteiger partial charge in [-0.3, -0.25) is 0 Å². The first-order valence-electron chi connectivity index (χ1n) is 13.8. The number of alkyl halides is 6. The molecule has 4 rings (SSSR count). The molecule has 1 fully saturated rings. The van der Waals surface area contributed by atoms with Crippen LogP contribution < -0.4 is 9.64 Å². The summed E-state index contributed by atoms with van der Waals surface area (Å²) in [6.07, 6.45) is -6.75. The molecule has 2 aromatic carbocycles. The van der Waals surface area contributed by atoms with Crippen LogP contribution in [0.4, 0.5) is 37.1 Å². The normalized spacial score (nSPS) is 19.3. The van der Waals surface area contributed by atoms with Gasteiger partial charge < -0.3 is 19.6 Å². The molecule has 0 saturated carbocycles. The maximum atomic E-state index is 13.6. The number of rotatable bonds is 9. The molecule has 0 aliphatic carbocycles. The Balaban J connectivity index is 1.71. The third kappa shape index (κ3) is 7.88. The number of hydrogen-bond acceptors (Lipinski definition) is 5. The molecule has 0 spiro atoms. The van der Waals surface area contributed by atoms with Crippen molar-refractivity contribution in [1.29, 1.82) is 0 Å². The molecule has 7 nitrogen and oxygen atoms in total. The molecule has 1 saturated heterocycles. The van der Waals surface area contributed by atoms with Gasteiger partial charge in [-0.15, -0.1) is 0 Å². The lowest BCUT2D eigenvalue weighted by Gasteiger charge is -2.46. The summed E-state index contributed by atoms with van der Waals surface area (Å²) in [6, 6.07) is 9.52. The minimum absolute atomic E-state index is 0.0801. The largest absolute Gasteiger partial charge is 0.486 e. The van der Waals surface area contributed by atoms with Gasteiger partial charge in [-0.1, -0.05) is 44.2 Å². The second-order valence-corrected chi connectivity index (χ2v) is 10.5. The Hall–Kier alpha value is -4.03. The molecule has 1 aromatic heterocycles. The molecule has 232 valence electrons. The number of aromatic nitrogens is 2. The Labute approximate surface area is 245 Å². The number of piperidine rings is 1. The number of carboxylic acid groups (broad SMARTS) is 1. The zero-order valence-electron chi connectivity index (χ0n) is 23.6. The first-order valence-corrected chi connectivity index (χ1v) is 13.8. The fourth-order valence-electron chi connectivity index (χ4n) is 5.49. The van der Waals surface area contributed by atoms with Gasteiger partial charge in [0.25, 0.3) is 0 Å². The van der Waals surface area contributed by atoms with Crippen molar-refractivity contribution in [1.82, 2.24) is 14.9 Å². The molecular weight excluding hydrogens is 578 g/mol. The lowest BCUT2D eigenvalue weighted by Crippen LogP contribution is -2.56. The molecular formula is C30H32F6N4O3. The van der Waals surface area contributed by atoms with E-state index in [-0.39, 0.29) is 30.7 Å². The third-order valence-electron chi connectivity index (χ3n) is 7.60. The summed E-state index contributed by atoms with van der Waals surface area (Å²) >= 11 is 0. The number of amides is 1. The van der Waals surface area contributed by atoms with Crippen molar-refractivity contribution < 1.29 is 41.0 Å². The van der Waals surface area contributed by atoms with Crippen LogP contribution in [0.5, 0.6) is 5.75 Å². The fourth-order valence-corrected chi connectivity index (χ4v) is 5.49. The maximum Gasteiger partial charge on any atom is 0.416 e. The highest BCUT2D eigenvalue weighted by molar-refractivity contribution is 5.66. The first-order chi connectivity index (χ1) is 20.3. The van der Waals surface area contributed by atoms with Crippen molar-refractivity contribution in [3.8, 4) is 5.75 Å². The third-order valence-corrected chi connectivity index (χ3v) is 7.60. The fraction of sp³-hybridized carbons (Fsp3) is 0.433. The van der Waals surface area contributed by atoms with Gasteiger partial charge in [0.15, 0.2) is 5.75 Å². The summed E-state index contributed by atoms with van der Waals surface area (Å²) in [7, 11) is 0. The van der Waals surface area contributed by atoms with E-state index in [4.69, 9.17) is 4.74 Å². The summed E-state index contributed by atoms with van der Waals surface area (Å²) in [4.78, 5) is 23.8. The SMILES string of the molecule is CCC1CC(N(Cc2cc(C(F)(F)F)cc(C(F)(F)F)c2)c2ncc(OCc3ccccc3)cn2)CC(CC)N1C(=O)O. The van der Waals surface area contributed by atoms with Crippen LogP contribution in [0.2, 0.25) is 0 Å². The van der Waals surface area contributed by atoms with E-state index in [2.05, 4.69) is 9.97 Å². The highest BCUT2D eigenvalue weighted by atomic mass is 19.4. The number of nitrogens with zero attached hydrogens (tertiary/aromatic N) is 4. The van der Waals surface area contributed by atoms with Crippen molar-refractivity contribution in [3.05, 3.63) is 83.2 Å². The van der Waals surface area contributed by atoms with Gasteiger partial charge in [-0.05, 0) is 55.0 Å². The summed E-state index contributed by atoms with van der Waals surface area (Å²) in [5, 5.41) is 9.86. The lowest BCUT2D eigenvalue weighted by atomic mass is 9.87. The quantitative estimate of drug-likeness (QED) is 0.249. The number of ether oxygens (including phenoxy) is 1. The first kappa shape index (κ1) is 31.9. The van der Waals surface area contributed by atoms with Gasteiger partial charge >= 0.3 is 18.4 Å². The highest BCUT2D eigenvalue weighted by Gasteiger charge is 2.41. The van der Waals surface area contributed by atoms with E-state index in [1.54, 1.807) is 4.90 Å². The Bertz CT molecular complexity index is 1320. The molecule has 1 amide bonds. The molecule has 1 aliphatic rings. The zero-order valence-corrected chi connectivity index (χ0v) is 23.6. The standard InChI is InChI=1S/C30H32F6N4O3/c1-3-23-13-25(14-24(4-2)40(23)28(41)42)39(17-20-10-21(29(31,32)33)12-22(11-20)30(34,35)36)27-37-15-26(16-38-27)43-18-19-8-6-5-7-9-19/h5-12,15-16,23-25H,3-4,13-14,17-18H2,1-2H3,(H,41,42). The average Bonchev–Trinajstić information content (AvgIpc) is 2.97. The Morgan fingerprint density at radius 1 is 0.907 bits per heavy atom. The number of anilines is 1. The maximum absolute atomic E-state index is 13.6. The Morgan fingerprint density at radius 2 is 1.44 bits per heavy atom. The zero-order chi connectivity index (χ0) is 31.4. The van der Waals surface area contributed by atoms with Crippen molar-refractivity contribution in [2.75, 3.05) is 4.90 Å². The van der Waals surface area contributed by atoms with Crippen molar-refractivity contribution in [2.24, 2.45) is 0 Å². The van der Waals surface area contributed by atoms with E-state index in [1.165, 1.54) is 17.3 Å². The van der Waals surface area contributed by atoms with Gasteiger partial charge in [0, 0.05) is 24.7 Å². The van der Waals surface area contributed by atoms with E-state index in [0.717, 1.165) is 5.56 Å². The van der Waals surface area contributed by atoms with Gasteiger partial charge in [0.05, 0.1) is 23.5 Å². The van der Waals surface area contributed by atoms with Crippen LogP contribution in [0.15, 0.2) is 60.9 Å². The molecule has 0 bridgehead atoms. The summed E-state index contributed by atoms with van der Waals surface area (Å²) in [6.45, 7) is 3.54. The number of carbonyl (C=O) groups is 1. The Kier molecular flexibility index (Phi) is 9.71.